The van der Waals surface area contributed by atoms with E-state index in [0.717, 1.165) is 48.9 Å². The van der Waals surface area contributed by atoms with Crippen LogP contribution in [0.3, 0.4) is 0 Å². The van der Waals surface area contributed by atoms with Crippen molar-refractivity contribution in [3.8, 4) is 0 Å². The highest BCUT2D eigenvalue weighted by atomic mass is 16.2. The van der Waals surface area contributed by atoms with E-state index < -0.39 is 0 Å². The van der Waals surface area contributed by atoms with Gasteiger partial charge in [0.05, 0.1) is 11.7 Å². The number of hydrogen-bond acceptors (Lipinski definition) is 2. The van der Waals surface area contributed by atoms with Crippen LogP contribution in [0.1, 0.15) is 36.5 Å². The second-order valence-electron chi connectivity index (χ2n) is 5.09. The Morgan fingerprint density at radius 2 is 2.05 bits per heavy atom. The summed E-state index contributed by atoms with van der Waals surface area (Å²) in [7, 11) is 0. The molecule has 0 N–H and O–H groups in total. The fourth-order valence-corrected chi connectivity index (χ4v) is 2.74. The number of aryl methyl sites for hydroxylation is 1. The van der Waals surface area contributed by atoms with E-state index in [9.17, 15) is 4.79 Å². The van der Waals surface area contributed by atoms with Crippen molar-refractivity contribution in [3.05, 3.63) is 30.0 Å². The maximum Gasteiger partial charge on any atom is 0.253 e. The number of amides is 1. The van der Waals surface area contributed by atoms with Gasteiger partial charge in [0.2, 0.25) is 0 Å². The minimum absolute atomic E-state index is 0.158. The predicted octanol–water partition coefficient (Wildman–Crippen LogP) is 2.68. The number of carbonyl (C=O) groups is 1. The molecule has 0 atom stereocenters. The van der Waals surface area contributed by atoms with Crippen molar-refractivity contribution in [1.82, 2.24) is 14.7 Å². The fraction of sp³-hybridized carbons (Fsp3) is 0.467. The molecule has 0 aliphatic carbocycles. The molecule has 1 saturated heterocycles. The van der Waals surface area contributed by atoms with E-state index in [0.29, 0.717) is 0 Å². The molecule has 19 heavy (non-hydrogen) atoms. The highest BCUT2D eigenvalue weighted by Gasteiger charge is 2.18. The highest BCUT2D eigenvalue weighted by molar-refractivity contribution is 5.97. The van der Waals surface area contributed by atoms with Crippen molar-refractivity contribution in [2.45, 2.75) is 32.7 Å². The molecule has 0 bridgehead atoms. The van der Waals surface area contributed by atoms with Crippen LogP contribution < -0.4 is 0 Å². The molecule has 1 aliphatic rings. The van der Waals surface area contributed by atoms with Gasteiger partial charge in [-0.05, 0) is 38.3 Å². The molecule has 2 heterocycles. The summed E-state index contributed by atoms with van der Waals surface area (Å²) in [6, 6.07) is 5.88. The van der Waals surface area contributed by atoms with Gasteiger partial charge in [-0.2, -0.15) is 5.10 Å². The van der Waals surface area contributed by atoms with Gasteiger partial charge in [0, 0.05) is 30.6 Å². The average molecular weight is 257 g/mol. The lowest BCUT2D eigenvalue weighted by molar-refractivity contribution is 0.0724. The number of piperidine rings is 1. The van der Waals surface area contributed by atoms with Crippen LogP contribution in [-0.2, 0) is 6.54 Å². The van der Waals surface area contributed by atoms with Crippen LogP contribution in [0.5, 0.6) is 0 Å². The summed E-state index contributed by atoms with van der Waals surface area (Å²) in [5, 5.41) is 5.41. The third-order valence-corrected chi connectivity index (χ3v) is 3.83. The molecule has 1 amide bonds. The number of nitrogens with zero attached hydrogens (tertiary/aromatic N) is 3. The average Bonchev–Trinajstić information content (AvgIpc) is 2.89. The van der Waals surface area contributed by atoms with Gasteiger partial charge in [-0.25, -0.2) is 0 Å². The molecule has 1 aromatic heterocycles. The number of rotatable bonds is 2. The zero-order valence-electron chi connectivity index (χ0n) is 11.3. The highest BCUT2D eigenvalue weighted by Crippen LogP contribution is 2.19. The van der Waals surface area contributed by atoms with Crippen LogP contribution in [0.15, 0.2) is 24.4 Å². The number of fused-ring (bicyclic) bond motifs is 1. The topological polar surface area (TPSA) is 38.1 Å². The van der Waals surface area contributed by atoms with Gasteiger partial charge in [-0.15, -0.1) is 0 Å². The zero-order chi connectivity index (χ0) is 13.2. The molecule has 0 saturated carbocycles. The van der Waals surface area contributed by atoms with Crippen LogP contribution in [0.4, 0.5) is 0 Å². The summed E-state index contributed by atoms with van der Waals surface area (Å²) in [5.74, 6) is 0.158. The minimum Gasteiger partial charge on any atom is -0.339 e. The van der Waals surface area contributed by atoms with Crippen LogP contribution in [0, 0.1) is 0 Å². The van der Waals surface area contributed by atoms with Gasteiger partial charge in [-0.3, -0.25) is 9.48 Å². The first-order chi connectivity index (χ1) is 9.29. The van der Waals surface area contributed by atoms with Gasteiger partial charge in [0.15, 0.2) is 0 Å². The van der Waals surface area contributed by atoms with Crippen LogP contribution >= 0.6 is 0 Å². The Hall–Kier alpha value is -1.84. The Labute approximate surface area is 113 Å². The first-order valence-corrected chi connectivity index (χ1v) is 7.04. The zero-order valence-corrected chi connectivity index (χ0v) is 11.3. The maximum atomic E-state index is 12.5. The van der Waals surface area contributed by atoms with E-state index >= 15 is 0 Å². The van der Waals surface area contributed by atoms with Gasteiger partial charge in [-0.1, -0.05) is 6.07 Å². The third-order valence-electron chi connectivity index (χ3n) is 3.83. The Morgan fingerprint density at radius 1 is 1.26 bits per heavy atom. The largest absolute Gasteiger partial charge is 0.339 e. The molecule has 1 fully saturated rings. The quantitative estimate of drug-likeness (QED) is 0.829. The molecule has 4 heteroatoms. The standard InChI is InChI=1S/C15H19N3O/c1-2-18-14-10-12(6-7-13(14)11-16-18)15(19)17-8-4-3-5-9-17/h6-7,10-11H,2-5,8-9H2,1H3. The SMILES string of the molecule is CCn1ncc2ccc(C(=O)N3CCCCC3)cc21. The third kappa shape index (κ3) is 2.23. The summed E-state index contributed by atoms with van der Waals surface area (Å²) >= 11 is 0. The minimum atomic E-state index is 0.158. The molecule has 4 nitrogen and oxygen atoms in total. The van der Waals surface area contributed by atoms with E-state index in [1.807, 2.05) is 34.0 Å². The lowest BCUT2D eigenvalue weighted by atomic mass is 10.1. The van der Waals surface area contributed by atoms with E-state index in [-0.39, 0.29) is 5.91 Å². The van der Waals surface area contributed by atoms with Crippen molar-refractivity contribution in [2.75, 3.05) is 13.1 Å². The Morgan fingerprint density at radius 3 is 2.79 bits per heavy atom. The fourth-order valence-electron chi connectivity index (χ4n) is 2.74. The Kier molecular flexibility index (Phi) is 3.23. The summed E-state index contributed by atoms with van der Waals surface area (Å²) < 4.78 is 1.93. The van der Waals surface area contributed by atoms with Gasteiger partial charge in [0.25, 0.3) is 5.91 Å². The molecule has 100 valence electrons. The molecule has 3 rings (SSSR count). The van der Waals surface area contributed by atoms with Gasteiger partial charge < -0.3 is 4.90 Å². The molecule has 1 aliphatic heterocycles. The maximum absolute atomic E-state index is 12.5. The van der Waals surface area contributed by atoms with Crippen molar-refractivity contribution in [1.29, 1.82) is 0 Å². The smallest absolute Gasteiger partial charge is 0.253 e. The number of likely N-dealkylation sites (tertiary alicyclic amines) is 1. The van der Waals surface area contributed by atoms with Crippen LogP contribution in [-0.4, -0.2) is 33.7 Å². The number of benzene rings is 1. The van der Waals surface area contributed by atoms with Gasteiger partial charge >= 0.3 is 0 Å². The van der Waals surface area contributed by atoms with E-state index in [2.05, 4.69) is 12.0 Å². The number of hydrogen-bond donors (Lipinski definition) is 0. The van der Waals surface area contributed by atoms with E-state index in [1.54, 1.807) is 0 Å². The lowest BCUT2D eigenvalue weighted by Crippen LogP contribution is -2.35. The lowest BCUT2D eigenvalue weighted by Gasteiger charge is -2.26. The summed E-state index contributed by atoms with van der Waals surface area (Å²) in [5.41, 5.74) is 1.83. The summed E-state index contributed by atoms with van der Waals surface area (Å²) in [6.45, 7) is 4.67. The molecule has 1 aromatic carbocycles. The van der Waals surface area contributed by atoms with Gasteiger partial charge in [0.1, 0.15) is 0 Å². The second-order valence-corrected chi connectivity index (χ2v) is 5.09. The van der Waals surface area contributed by atoms with Crippen molar-refractivity contribution in [2.24, 2.45) is 0 Å². The predicted molar refractivity (Wildman–Crippen MR) is 75.2 cm³/mol. The summed E-state index contributed by atoms with van der Waals surface area (Å²) in [6.07, 6.45) is 5.35. The molecule has 0 unspecified atom stereocenters. The first-order valence-electron chi connectivity index (χ1n) is 7.04. The van der Waals surface area contributed by atoms with Crippen molar-refractivity contribution in [3.63, 3.8) is 0 Å². The van der Waals surface area contributed by atoms with Crippen molar-refractivity contribution >= 4 is 16.8 Å². The molecular weight excluding hydrogens is 238 g/mol. The Balaban J connectivity index is 1.93. The number of aromatic nitrogens is 2. The molecule has 2 aromatic rings. The Bertz CT molecular complexity index is 596. The monoisotopic (exact) mass is 257 g/mol. The summed E-state index contributed by atoms with van der Waals surface area (Å²) in [4.78, 5) is 14.4. The van der Waals surface area contributed by atoms with E-state index in [4.69, 9.17) is 0 Å². The van der Waals surface area contributed by atoms with E-state index in [1.165, 1.54) is 6.42 Å². The molecular formula is C15H19N3O. The normalized spacial score (nSPS) is 15.9. The van der Waals surface area contributed by atoms with Crippen molar-refractivity contribution < 1.29 is 4.79 Å². The first kappa shape index (κ1) is 12.2. The second kappa shape index (κ2) is 5.03. The number of carbonyl (C=O) groups excluding carboxylic acids is 1. The van der Waals surface area contributed by atoms with Crippen LogP contribution in [0.2, 0.25) is 0 Å². The molecule has 0 radical (unpaired) electrons. The van der Waals surface area contributed by atoms with Crippen LogP contribution in [0.25, 0.3) is 10.9 Å². The molecule has 0 spiro atoms.